The Morgan fingerprint density at radius 2 is 1.67 bits per heavy atom. The first-order chi connectivity index (χ1) is 10.7. The average molecular weight is 402 g/mol. The predicted octanol–water partition coefficient (Wildman–Crippen LogP) is 3.74. The van der Waals surface area contributed by atoms with Crippen molar-refractivity contribution in [1.29, 1.82) is 0 Å². The summed E-state index contributed by atoms with van der Waals surface area (Å²) in [6, 6.07) is 12.3. The molecule has 0 aliphatic rings. The number of rotatable bonds is 6. The molecule has 3 N–H and O–H groups in total. The van der Waals surface area contributed by atoms with Crippen LogP contribution in [0, 0.1) is 0 Å². The van der Waals surface area contributed by atoms with E-state index in [4.69, 9.17) is 15.2 Å². The Labute approximate surface area is 161 Å². The first kappa shape index (κ1) is 22.2. The van der Waals surface area contributed by atoms with Gasteiger partial charge in [0, 0.05) is 31.2 Å². The third kappa shape index (κ3) is 5.70. The Hall–Kier alpha value is -1.78. The molecular weight excluding hydrogens is 381 g/mol. The number of para-hydroxylation sites is 1. The zero-order valence-corrected chi connectivity index (χ0v) is 17.7. The van der Waals surface area contributed by atoms with Crippen LogP contribution in [0.3, 0.4) is 0 Å². The molecule has 2 aromatic rings. The second-order valence-electron chi connectivity index (χ2n) is 4.57. The van der Waals surface area contributed by atoms with E-state index in [-0.39, 0.29) is 37.8 Å². The Morgan fingerprint density at radius 1 is 1.04 bits per heavy atom. The van der Waals surface area contributed by atoms with Crippen LogP contribution in [0.5, 0.6) is 11.5 Å². The monoisotopic (exact) mass is 400 g/mol. The Bertz CT molecular complexity index is 668. The molecule has 0 radical (unpaired) electrons. The van der Waals surface area contributed by atoms with Crippen molar-refractivity contribution in [3.8, 4) is 11.5 Å². The standard InChI is InChI=1S/C17H20N2O3.ClH.Zn/c1-3-21-15-8-6-5-7-13(15)17(20)19-12-9-10-14(18)16(11-12)22-4-2;;/h5-11H,3-4,18H2,1-2H3,(H,19,20);1H;. The van der Waals surface area contributed by atoms with Crippen molar-refractivity contribution < 1.29 is 33.7 Å². The van der Waals surface area contributed by atoms with E-state index in [9.17, 15) is 4.79 Å². The fourth-order valence-corrected chi connectivity index (χ4v) is 2.03. The normalized spacial score (nSPS) is 9.25. The van der Waals surface area contributed by atoms with Gasteiger partial charge < -0.3 is 20.5 Å². The van der Waals surface area contributed by atoms with E-state index >= 15 is 0 Å². The quantitative estimate of drug-likeness (QED) is 0.571. The number of hydrogen-bond donors (Lipinski definition) is 2. The van der Waals surface area contributed by atoms with E-state index < -0.39 is 0 Å². The summed E-state index contributed by atoms with van der Waals surface area (Å²) in [5.74, 6) is 0.873. The van der Waals surface area contributed by atoms with Crippen LogP contribution in [0.25, 0.3) is 0 Å². The number of hydrogen-bond acceptors (Lipinski definition) is 4. The summed E-state index contributed by atoms with van der Waals surface area (Å²) in [4.78, 5) is 12.4. The van der Waals surface area contributed by atoms with Gasteiger partial charge in [-0.25, -0.2) is 0 Å². The summed E-state index contributed by atoms with van der Waals surface area (Å²) in [5, 5.41) is 2.83. The number of carbonyl (C=O) groups is 1. The zero-order valence-electron chi connectivity index (χ0n) is 13.9. The molecule has 126 valence electrons. The van der Waals surface area contributed by atoms with Crippen LogP contribution >= 0.6 is 12.4 Å². The van der Waals surface area contributed by atoms with Gasteiger partial charge >= 0.3 is 0 Å². The van der Waals surface area contributed by atoms with Crippen LogP contribution in [0.4, 0.5) is 11.4 Å². The van der Waals surface area contributed by atoms with Crippen molar-refractivity contribution in [1.82, 2.24) is 0 Å². The van der Waals surface area contributed by atoms with E-state index in [1.54, 1.807) is 36.4 Å². The van der Waals surface area contributed by atoms with Gasteiger partial charge in [-0.3, -0.25) is 4.79 Å². The molecule has 0 aromatic heterocycles. The summed E-state index contributed by atoms with van der Waals surface area (Å²) >= 11 is 0. The Kier molecular flexibility index (Phi) is 10.1. The smallest absolute Gasteiger partial charge is 0.259 e. The van der Waals surface area contributed by atoms with Crippen LogP contribution in [0.15, 0.2) is 42.5 Å². The number of nitrogen functional groups attached to an aromatic ring is 1. The van der Waals surface area contributed by atoms with Crippen molar-refractivity contribution in [3.05, 3.63) is 48.0 Å². The van der Waals surface area contributed by atoms with Gasteiger partial charge in [0.05, 0.1) is 24.5 Å². The van der Waals surface area contributed by atoms with Gasteiger partial charge in [-0.1, -0.05) is 12.1 Å². The summed E-state index contributed by atoms with van der Waals surface area (Å²) in [5.41, 5.74) is 7.46. The first-order valence-corrected chi connectivity index (χ1v) is 7.21. The third-order valence-electron chi connectivity index (χ3n) is 3.00. The molecule has 2 aromatic carbocycles. The number of benzene rings is 2. The van der Waals surface area contributed by atoms with Crippen molar-refractivity contribution >= 4 is 29.7 Å². The fourth-order valence-electron chi connectivity index (χ4n) is 2.03. The van der Waals surface area contributed by atoms with Crippen LogP contribution in [-0.2, 0) is 19.5 Å². The number of nitrogens with one attached hydrogen (secondary N) is 1. The molecule has 0 saturated heterocycles. The number of ether oxygens (including phenoxy) is 2. The average Bonchev–Trinajstić information content (AvgIpc) is 2.51. The van der Waals surface area contributed by atoms with Gasteiger partial charge in [0.15, 0.2) is 0 Å². The number of amides is 1. The number of halogens is 1. The largest absolute Gasteiger partial charge is 0.493 e. The van der Waals surface area contributed by atoms with Gasteiger partial charge in [0.25, 0.3) is 5.91 Å². The zero-order chi connectivity index (χ0) is 15.9. The summed E-state index contributed by atoms with van der Waals surface area (Å²) in [7, 11) is 0. The van der Waals surface area contributed by atoms with E-state index in [2.05, 4.69) is 5.32 Å². The predicted molar refractivity (Wildman–Crippen MR) is 94.8 cm³/mol. The van der Waals surface area contributed by atoms with E-state index in [1.165, 1.54) is 0 Å². The fraction of sp³-hybridized carbons (Fsp3) is 0.235. The van der Waals surface area contributed by atoms with E-state index in [0.717, 1.165) is 0 Å². The van der Waals surface area contributed by atoms with Gasteiger partial charge in [-0.2, -0.15) is 0 Å². The summed E-state index contributed by atoms with van der Waals surface area (Å²) in [6.07, 6.45) is 0. The summed E-state index contributed by atoms with van der Waals surface area (Å²) < 4.78 is 10.9. The summed E-state index contributed by atoms with van der Waals surface area (Å²) in [6.45, 7) is 4.77. The first-order valence-electron chi connectivity index (χ1n) is 7.21. The van der Waals surface area contributed by atoms with E-state index in [0.29, 0.717) is 41.7 Å². The minimum absolute atomic E-state index is 0. The minimum atomic E-state index is -0.240. The number of nitrogens with two attached hydrogens (primary N) is 1. The molecule has 0 fully saturated rings. The molecule has 0 aliphatic carbocycles. The SMILES string of the molecule is CCOc1cc(NC(=O)c2ccccc2OCC)ccc1N.Cl.[Zn]. The second kappa shape index (κ2) is 10.9. The van der Waals surface area contributed by atoms with Crippen molar-refractivity contribution in [2.45, 2.75) is 13.8 Å². The third-order valence-corrected chi connectivity index (χ3v) is 3.00. The Morgan fingerprint density at radius 3 is 2.33 bits per heavy atom. The van der Waals surface area contributed by atoms with Crippen molar-refractivity contribution in [2.75, 3.05) is 24.3 Å². The maximum atomic E-state index is 12.4. The molecule has 0 saturated carbocycles. The van der Waals surface area contributed by atoms with Crippen LogP contribution < -0.4 is 20.5 Å². The maximum Gasteiger partial charge on any atom is 0.259 e. The number of carbonyl (C=O) groups excluding carboxylic acids is 1. The molecule has 0 bridgehead atoms. The van der Waals surface area contributed by atoms with Crippen LogP contribution in [0.2, 0.25) is 0 Å². The van der Waals surface area contributed by atoms with Gasteiger partial charge in [-0.05, 0) is 38.1 Å². The molecule has 0 heterocycles. The minimum Gasteiger partial charge on any atom is -0.493 e. The Balaban J connectivity index is 0.00000264. The number of anilines is 2. The van der Waals surface area contributed by atoms with Gasteiger partial charge in [0.1, 0.15) is 11.5 Å². The van der Waals surface area contributed by atoms with Crippen LogP contribution in [0.1, 0.15) is 24.2 Å². The van der Waals surface area contributed by atoms with Gasteiger partial charge in [0.2, 0.25) is 0 Å². The van der Waals surface area contributed by atoms with Crippen LogP contribution in [-0.4, -0.2) is 19.1 Å². The molecule has 7 heteroatoms. The molecule has 0 unspecified atom stereocenters. The van der Waals surface area contributed by atoms with Gasteiger partial charge in [-0.15, -0.1) is 12.4 Å². The molecular formula is C17H21ClN2O3Zn. The van der Waals surface area contributed by atoms with E-state index in [1.807, 2.05) is 19.9 Å². The molecule has 1 amide bonds. The van der Waals surface area contributed by atoms with Crippen molar-refractivity contribution in [2.24, 2.45) is 0 Å². The molecule has 0 aliphatic heterocycles. The van der Waals surface area contributed by atoms with Crippen molar-refractivity contribution in [3.63, 3.8) is 0 Å². The second-order valence-corrected chi connectivity index (χ2v) is 4.57. The molecule has 5 nitrogen and oxygen atoms in total. The topological polar surface area (TPSA) is 73.6 Å². The molecule has 0 atom stereocenters. The molecule has 24 heavy (non-hydrogen) atoms. The molecule has 2 rings (SSSR count). The maximum absolute atomic E-state index is 12.4. The molecule has 0 spiro atoms.